The van der Waals surface area contributed by atoms with Crippen molar-refractivity contribution in [2.24, 2.45) is 0 Å². The minimum absolute atomic E-state index is 0.134. The van der Waals surface area contributed by atoms with Crippen LogP contribution in [0.25, 0.3) is 0 Å². The van der Waals surface area contributed by atoms with Crippen molar-refractivity contribution in [3.63, 3.8) is 0 Å². The lowest BCUT2D eigenvalue weighted by atomic mass is 9.87. The fourth-order valence-corrected chi connectivity index (χ4v) is 3.61. The molecule has 1 N–H and O–H groups in total. The zero-order chi connectivity index (χ0) is 12.5. The average molecular weight is 275 g/mol. The van der Waals surface area contributed by atoms with Crippen LogP contribution in [0.5, 0.6) is 0 Å². The summed E-state index contributed by atoms with van der Waals surface area (Å²) in [7, 11) is 0. The second-order valence-electron chi connectivity index (χ2n) is 4.63. The van der Waals surface area contributed by atoms with Crippen molar-refractivity contribution in [3.8, 4) is 0 Å². The molecule has 2 atom stereocenters. The van der Waals surface area contributed by atoms with Crippen molar-refractivity contribution in [2.75, 3.05) is 5.75 Å². The minimum atomic E-state index is -0.811. The average Bonchev–Trinajstić information content (AvgIpc) is 2.28. The van der Waals surface area contributed by atoms with Crippen LogP contribution < -0.4 is 0 Å². The van der Waals surface area contributed by atoms with Crippen LogP contribution in [0.3, 0.4) is 0 Å². The third kappa shape index (κ3) is 2.95. The van der Waals surface area contributed by atoms with Crippen LogP contribution in [-0.4, -0.2) is 21.7 Å². The molecule has 2 rings (SSSR count). The molecule has 0 aliphatic carbocycles. The number of halogens is 2. The monoisotopic (exact) mass is 274 g/mol. The molecule has 1 heterocycles. The number of benzene rings is 1. The highest BCUT2D eigenvalue weighted by Crippen LogP contribution is 2.37. The topological polar surface area (TPSA) is 20.2 Å². The highest BCUT2D eigenvalue weighted by Gasteiger charge is 2.37. The molecular formula is C13H16ClFOS. The summed E-state index contributed by atoms with van der Waals surface area (Å²) >= 11 is 7.61. The van der Waals surface area contributed by atoms with Gasteiger partial charge in [-0.05, 0) is 42.4 Å². The number of thioether (sulfide) groups is 1. The van der Waals surface area contributed by atoms with E-state index in [-0.39, 0.29) is 11.1 Å². The van der Waals surface area contributed by atoms with E-state index < -0.39 is 5.60 Å². The van der Waals surface area contributed by atoms with Crippen molar-refractivity contribution in [3.05, 3.63) is 34.6 Å². The second kappa shape index (κ2) is 5.17. The Hall–Kier alpha value is -0.250. The van der Waals surface area contributed by atoms with Crippen LogP contribution in [0.4, 0.5) is 4.39 Å². The zero-order valence-electron chi connectivity index (χ0n) is 9.75. The van der Waals surface area contributed by atoms with Crippen LogP contribution >= 0.6 is 23.4 Å². The summed E-state index contributed by atoms with van der Waals surface area (Å²) in [6.45, 7) is 2.01. The molecule has 1 aromatic rings. The van der Waals surface area contributed by atoms with Crippen molar-refractivity contribution in [1.82, 2.24) is 0 Å². The molecule has 1 saturated heterocycles. The quantitative estimate of drug-likeness (QED) is 0.888. The molecule has 1 aliphatic rings. The van der Waals surface area contributed by atoms with Gasteiger partial charge in [-0.3, -0.25) is 0 Å². The van der Waals surface area contributed by atoms with Crippen LogP contribution in [0.15, 0.2) is 18.2 Å². The van der Waals surface area contributed by atoms with Crippen LogP contribution in [0.2, 0.25) is 5.02 Å². The molecule has 1 nitrogen and oxygen atoms in total. The Morgan fingerprint density at radius 2 is 2.35 bits per heavy atom. The first-order chi connectivity index (χ1) is 8.01. The van der Waals surface area contributed by atoms with E-state index in [1.165, 1.54) is 12.1 Å². The van der Waals surface area contributed by atoms with E-state index in [9.17, 15) is 9.50 Å². The van der Waals surface area contributed by atoms with Gasteiger partial charge >= 0.3 is 0 Å². The molecule has 0 amide bonds. The third-order valence-electron chi connectivity index (χ3n) is 3.38. The molecule has 0 radical (unpaired) electrons. The standard InChI is InChI=1S/C13H16ClFOS/c1-9-13(16,5-2-6-17-9)8-10-7-11(14)3-4-12(10)15/h3-4,7,9,16H,2,5-6,8H2,1H3. The van der Waals surface area contributed by atoms with E-state index in [4.69, 9.17) is 11.6 Å². The Balaban J connectivity index is 2.21. The number of aliphatic hydroxyl groups is 1. The van der Waals surface area contributed by atoms with Gasteiger partial charge < -0.3 is 5.11 Å². The number of hydrogen-bond acceptors (Lipinski definition) is 2. The van der Waals surface area contributed by atoms with Crippen LogP contribution in [0, 0.1) is 5.82 Å². The Labute approximate surface area is 110 Å². The normalized spacial score (nSPS) is 29.3. The van der Waals surface area contributed by atoms with Crippen LogP contribution in [0.1, 0.15) is 25.3 Å². The van der Waals surface area contributed by atoms with Gasteiger partial charge in [-0.15, -0.1) is 0 Å². The van der Waals surface area contributed by atoms with Crippen molar-refractivity contribution in [1.29, 1.82) is 0 Å². The molecule has 1 fully saturated rings. The van der Waals surface area contributed by atoms with Gasteiger partial charge in [0.25, 0.3) is 0 Å². The molecule has 0 bridgehead atoms. The lowest BCUT2D eigenvalue weighted by Gasteiger charge is -2.37. The minimum Gasteiger partial charge on any atom is -0.388 e. The Morgan fingerprint density at radius 3 is 3.06 bits per heavy atom. The largest absolute Gasteiger partial charge is 0.388 e. The van der Waals surface area contributed by atoms with Crippen molar-refractivity contribution >= 4 is 23.4 Å². The Bertz CT molecular complexity index is 412. The molecule has 1 aliphatic heterocycles. The van der Waals surface area contributed by atoms with Crippen LogP contribution in [-0.2, 0) is 6.42 Å². The summed E-state index contributed by atoms with van der Waals surface area (Å²) in [6.07, 6.45) is 2.05. The first kappa shape index (κ1) is 13.2. The molecule has 0 saturated carbocycles. The molecular weight excluding hydrogens is 259 g/mol. The van der Waals surface area contributed by atoms with Gasteiger partial charge in [0.15, 0.2) is 0 Å². The van der Waals surface area contributed by atoms with Gasteiger partial charge in [-0.25, -0.2) is 4.39 Å². The first-order valence-electron chi connectivity index (χ1n) is 5.79. The maximum Gasteiger partial charge on any atom is 0.126 e. The van der Waals surface area contributed by atoms with Gasteiger partial charge in [0.1, 0.15) is 5.82 Å². The zero-order valence-corrected chi connectivity index (χ0v) is 11.3. The molecule has 4 heteroatoms. The van der Waals surface area contributed by atoms with Gasteiger partial charge in [0, 0.05) is 16.7 Å². The summed E-state index contributed by atoms with van der Waals surface area (Å²) < 4.78 is 13.6. The van der Waals surface area contributed by atoms with E-state index in [1.807, 2.05) is 6.92 Å². The van der Waals surface area contributed by atoms with E-state index >= 15 is 0 Å². The third-order valence-corrected chi connectivity index (χ3v) is 5.08. The van der Waals surface area contributed by atoms with Crippen molar-refractivity contribution < 1.29 is 9.50 Å². The Morgan fingerprint density at radius 1 is 1.59 bits per heavy atom. The lowest BCUT2D eigenvalue weighted by Crippen LogP contribution is -2.43. The molecule has 2 unspecified atom stereocenters. The number of rotatable bonds is 2. The molecule has 0 aromatic heterocycles. The van der Waals surface area contributed by atoms with Gasteiger partial charge in [-0.2, -0.15) is 11.8 Å². The second-order valence-corrected chi connectivity index (χ2v) is 6.52. The first-order valence-corrected chi connectivity index (χ1v) is 7.22. The maximum atomic E-state index is 13.6. The fourth-order valence-electron chi connectivity index (χ4n) is 2.24. The van der Waals surface area contributed by atoms with E-state index in [1.54, 1.807) is 17.8 Å². The highest BCUT2D eigenvalue weighted by atomic mass is 35.5. The van der Waals surface area contributed by atoms with Gasteiger partial charge in [0.05, 0.1) is 5.60 Å². The highest BCUT2D eigenvalue weighted by molar-refractivity contribution is 8.00. The summed E-state index contributed by atoms with van der Waals surface area (Å²) in [5.74, 6) is 0.784. The maximum absolute atomic E-state index is 13.6. The van der Waals surface area contributed by atoms with Gasteiger partial charge in [0.2, 0.25) is 0 Å². The summed E-state index contributed by atoms with van der Waals surface area (Å²) in [4.78, 5) is 0. The SMILES string of the molecule is CC1SCCCC1(O)Cc1cc(Cl)ccc1F. The lowest BCUT2D eigenvalue weighted by molar-refractivity contribution is 0.0290. The van der Waals surface area contributed by atoms with Gasteiger partial charge in [-0.1, -0.05) is 18.5 Å². The Kier molecular flexibility index (Phi) is 4.01. The van der Waals surface area contributed by atoms with Crippen molar-refractivity contribution in [2.45, 2.75) is 37.0 Å². The van der Waals surface area contributed by atoms with E-state index in [2.05, 4.69) is 0 Å². The summed E-state index contributed by atoms with van der Waals surface area (Å²) in [5, 5.41) is 11.2. The smallest absolute Gasteiger partial charge is 0.126 e. The van der Waals surface area contributed by atoms with E-state index in [0.29, 0.717) is 17.0 Å². The molecule has 17 heavy (non-hydrogen) atoms. The summed E-state index contributed by atoms with van der Waals surface area (Å²) in [6, 6.07) is 4.51. The summed E-state index contributed by atoms with van der Waals surface area (Å²) in [5.41, 5.74) is -0.302. The predicted molar refractivity (Wildman–Crippen MR) is 71.2 cm³/mol. The van der Waals surface area contributed by atoms with E-state index in [0.717, 1.165) is 18.6 Å². The molecule has 94 valence electrons. The molecule has 0 spiro atoms. The molecule has 1 aromatic carbocycles. The number of hydrogen-bond donors (Lipinski definition) is 1. The fraction of sp³-hybridized carbons (Fsp3) is 0.538. The predicted octanol–water partition coefficient (Wildman–Crippen LogP) is 3.67.